The number of hydrogen-bond donors (Lipinski definition) is 1. The Labute approximate surface area is 181 Å². The number of carbonyl (C=O) groups excluding carboxylic acids is 1. The van der Waals surface area contributed by atoms with E-state index in [1.807, 2.05) is 13.8 Å². The third-order valence-corrected chi connectivity index (χ3v) is 5.56. The van der Waals surface area contributed by atoms with Gasteiger partial charge >= 0.3 is 11.9 Å². The van der Waals surface area contributed by atoms with E-state index in [-0.39, 0.29) is 17.8 Å². The fourth-order valence-corrected chi connectivity index (χ4v) is 3.29. The number of carbonyl (C=O) groups is 2. The Bertz CT molecular complexity index is 364. The van der Waals surface area contributed by atoms with Gasteiger partial charge in [0.2, 0.25) is 0 Å². The lowest BCUT2D eigenvalue weighted by atomic mass is 9.98. The van der Waals surface area contributed by atoms with Crippen molar-refractivity contribution in [3.63, 3.8) is 0 Å². The van der Waals surface area contributed by atoms with Crippen molar-refractivity contribution in [2.24, 2.45) is 11.8 Å². The molecule has 0 saturated carbocycles. The van der Waals surface area contributed by atoms with Gasteiger partial charge in [-0.3, -0.25) is 9.59 Å². The predicted octanol–water partition coefficient (Wildman–Crippen LogP) is 7.78. The Hall–Kier alpha value is -1.06. The van der Waals surface area contributed by atoms with Gasteiger partial charge in [-0.2, -0.15) is 0 Å². The Morgan fingerprint density at radius 3 is 1.52 bits per heavy atom. The number of carboxylic acid groups (broad SMARTS) is 1. The number of ether oxygens (including phenoxy) is 1. The lowest BCUT2D eigenvalue weighted by Gasteiger charge is -2.14. The summed E-state index contributed by atoms with van der Waals surface area (Å²) in [7, 11) is 0. The van der Waals surface area contributed by atoms with Gasteiger partial charge in [0, 0.05) is 0 Å². The Kier molecular flexibility index (Phi) is 24.1. The number of rotatable bonds is 18. The average molecular weight is 415 g/mol. The summed E-state index contributed by atoms with van der Waals surface area (Å²) in [6, 6.07) is 0. The summed E-state index contributed by atoms with van der Waals surface area (Å²) < 4.78 is 5.41. The first-order valence-corrected chi connectivity index (χ1v) is 12.4. The molecule has 0 heterocycles. The SMILES string of the molecule is CCC(CC)C(=O)O.CCCCCCCCCC(CC)C(=O)OCCCCCC. The highest BCUT2D eigenvalue weighted by molar-refractivity contribution is 5.72. The molecule has 174 valence electrons. The van der Waals surface area contributed by atoms with Crippen LogP contribution in [0.5, 0.6) is 0 Å². The van der Waals surface area contributed by atoms with Gasteiger partial charge in [-0.25, -0.2) is 0 Å². The van der Waals surface area contributed by atoms with E-state index in [1.165, 1.54) is 64.2 Å². The molecule has 1 atom stereocenters. The molecule has 29 heavy (non-hydrogen) atoms. The molecule has 0 spiro atoms. The Morgan fingerprint density at radius 1 is 0.655 bits per heavy atom. The summed E-state index contributed by atoms with van der Waals surface area (Å²) in [4.78, 5) is 22.2. The topological polar surface area (TPSA) is 63.6 Å². The zero-order valence-electron chi connectivity index (χ0n) is 20.1. The maximum Gasteiger partial charge on any atom is 0.308 e. The van der Waals surface area contributed by atoms with Crippen molar-refractivity contribution in [3.8, 4) is 0 Å². The van der Waals surface area contributed by atoms with Crippen molar-refractivity contribution < 1.29 is 19.4 Å². The van der Waals surface area contributed by atoms with Gasteiger partial charge in [-0.1, -0.05) is 98.8 Å². The third-order valence-electron chi connectivity index (χ3n) is 5.56. The molecule has 1 unspecified atom stereocenters. The van der Waals surface area contributed by atoms with E-state index in [2.05, 4.69) is 20.8 Å². The van der Waals surface area contributed by atoms with Gasteiger partial charge in [0.05, 0.1) is 18.4 Å². The molecule has 1 N–H and O–H groups in total. The van der Waals surface area contributed by atoms with Crippen LogP contribution in [0.25, 0.3) is 0 Å². The van der Waals surface area contributed by atoms with Crippen molar-refractivity contribution in [1.29, 1.82) is 0 Å². The molecule has 0 fully saturated rings. The van der Waals surface area contributed by atoms with Crippen LogP contribution in [-0.2, 0) is 14.3 Å². The summed E-state index contributed by atoms with van der Waals surface area (Å²) >= 11 is 0. The van der Waals surface area contributed by atoms with Crippen LogP contribution in [0.15, 0.2) is 0 Å². The molecule has 0 saturated heterocycles. The van der Waals surface area contributed by atoms with Gasteiger partial charge < -0.3 is 9.84 Å². The highest BCUT2D eigenvalue weighted by Gasteiger charge is 2.17. The maximum atomic E-state index is 12.0. The van der Waals surface area contributed by atoms with E-state index >= 15 is 0 Å². The van der Waals surface area contributed by atoms with Gasteiger partial charge in [0.25, 0.3) is 0 Å². The normalized spacial score (nSPS) is 11.7. The molecular formula is C25H50O4. The fraction of sp³-hybridized carbons (Fsp3) is 0.920. The van der Waals surface area contributed by atoms with Crippen molar-refractivity contribution >= 4 is 11.9 Å². The minimum Gasteiger partial charge on any atom is -0.481 e. The minimum atomic E-state index is -0.671. The standard InChI is InChI=1S/C19H38O2.C6H12O2/c1-4-7-9-11-12-13-14-16-18(6-3)19(20)21-17-15-10-8-5-2;1-3-5(4-2)6(7)8/h18H,4-17H2,1-3H3;5H,3-4H2,1-2H3,(H,7,8). The molecule has 0 radical (unpaired) electrons. The maximum absolute atomic E-state index is 12.0. The van der Waals surface area contributed by atoms with E-state index in [9.17, 15) is 9.59 Å². The van der Waals surface area contributed by atoms with Gasteiger partial charge in [0.15, 0.2) is 0 Å². The fourth-order valence-electron chi connectivity index (χ4n) is 3.29. The van der Waals surface area contributed by atoms with E-state index in [1.54, 1.807) is 0 Å². The first kappa shape index (κ1) is 30.1. The zero-order valence-corrected chi connectivity index (χ0v) is 20.1. The molecule has 4 heteroatoms. The second kappa shape index (κ2) is 23.2. The summed E-state index contributed by atoms with van der Waals surface area (Å²) in [6.07, 6.45) is 17.2. The second-order valence-corrected chi connectivity index (χ2v) is 8.09. The van der Waals surface area contributed by atoms with Gasteiger partial charge in [0.1, 0.15) is 0 Å². The number of carboxylic acids is 1. The molecule has 0 aromatic heterocycles. The molecule has 0 aliphatic heterocycles. The van der Waals surface area contributed by atoms with Crippen LogP contribution < -0.4 is 0 Å². The van der Waals surface area contributed by atoms with E-state index in [0.717, 1.165) is 32.1 Å². The first-order chi connectivity index (χ1) is 14.0. The summed E-state index contributed by atoms with van der Waals surface area (Å²) in [6.45, 7) is 10.9. The van der Waals surface area contributed by atoms with Gasteiger partial charge in [-0.05, 0) is 32.1 Å². The number of hydrogen-bond acceptors (Lipinski definition) is 3. The van der Waals surface area contributed by atoms with Crippen LogP contribution in [0, 0.1) is 11.8 Å². The zero-order chi connectivity index (χ0) is 22.3. The number of esters is 1. The molecule has 0 bridgehead atoms. The molecular weight excluding hydrogens is 364 g/mol. The van der Waals surface area contributed by atoms with Crippen LogP contribution in [-0.4, -0.2) is 23.7 Å². The predicted molar refractivity (Wildman–Crippen MR) is 123 cm³/mol. The molecule has 0 aliphatic carbocycles. The van der Waals surface area contributed by atoms with Crippen molar-refractivity contribution in [2.75, 3.05) is 6.61 Å². The quantitative estimate of drug-likeness (QED) is 0.184. The molecule has 4 nitrogen and oxygen atoms in total. The van der Waals surface area contributed by atoms with Crippen molar-refractivity contribution in [1.82, 2.24) is 0 Å². The molecule has 0 aromatic carbocycles. The number of aliphatic carboxylic acids is 1. The van der Waals surface area contributed by atoms with Crippen molar-refractivity contribution in [3.05, 3.63) is 0 Å². The van der Waals surface area contributed by atoms with E-state index in [4.69, 9.17) is 9.84 Å². The summed E-state index contributed by atoms with van der Waals surface area (Å²) in [5.74, 6) is -0.628. The smallest absolute Gasteiger partial charge is 0.308 e. The Morgan fingerprint density at radius 2 is 1.10 bits per heavy atom. The molecule has 0 rings (SSSR count). The van der Waals surface area contributed by atoms with Crippen LogP contribution in [0.4, 0.5) is 0 Å². The highest BCUT2D eigenvalue weighted by Crippen LogP contribution is 2.17. The van der Waals surface area contributed by atoms with Crippen LogP contribution in [0.2, 0.25) is 0 Å². The average Bonchev–Trinajstić information content (AvgIpc) is 2.71. The lowest BCUT2D eigenvalue weighted by Crippen LogP contribution is -2.17. The van der Waals surface area contributed by atoms with E-state index < -0.39 is 5.97 Å². The first-order valence-electron chi connectivity index (χ1n) is 12.4. The monoisotopic (exact) mass is 414 g/mol. The van der Waals surface area contributed by atoms with Crippen LogP contribution >= 0.6 is 0 Å². The molecule has 0 amide bonds. The van der Waals surface area contributed by atoms with Crippen LogP contribution in [0.1, 0.15) is 131 Å². The minimum absolute atomic E-state index is 0.0416. The lowest BCUT2D eigenvalue weighted by molar-refractivity contribution is -0.149. The Balaban J connectivity index is 0. The molecule has 0 aromatic rings. The van der Waals surface area contributed by atoms with Crippen LogP contribution in [0.3, 0.4) is 0 Å². The summed E-state index contributed by atoms with van der Waals surface area (Å²) in [5.41, 5.74) is 0. The van der Waals surface area contributed by atoms with Gasteiger partial charge in [-0.15, -0.1) is 0 Å². The second-order valence-electron chi connectivity index (χ2n) is 8.09. The highest BCUT2D eigenvalue weighted by atomic mass is 16.5. The molecule has 0 aliphatic rings. The third kappa shape index (κ3) is 20.0. The number of unbranched alkanes of at least 4 members (excludes halogenated alkanes) is 9. The van der Waals surface area contributed by atoms with Crippen molar-refractivity contribution in [2.45, 2.75) is 131 Å². The summed E-state index contributed by atoms with van der Waals surface area (Å²) in [5, 5.41) is 8.37. The van der Waals surface area contributed by atoms with E-state index in [0.29, 0.717) is 6.61 Å². The largest absolute Gasteiger partial charge is 0.481 e.